The number of nitrogen functional groups attached to an aromatic ring is 1. The molecule has 4 atom stereocenters. The van der Waals surface area contributed by atoms with Gasteiger partial charge in [0.05, 0.1) is 5.92 Å². The predicted octanol–water partition coefficient (Wildman–Crippen LogP) is 2.18. The number of alkyl halides is 3. The Hall–Kier alpha value is -2.85. The van der Waals surface area contributed by atoms with Gasteiger partial charge in [-0.3, -0.25) is 9.59 Å². The van der Waals surface area contributed by atoms with Crippen LogP contribution in [0.2, 0.25) is 0 Å². The number of carbonyl (C=O) groups is 2. The van der Waals surface area contributed by atoms with Crippen LogP contribution in [-0.2, 0) is 15.8 Å². The summed E-state index contributed by atoms with van der Waals surface area (Å²) < 4.78 is 39.1. The highest BCUT2D eigenvalue weighted by Crippen LogP contribution is 2.45. The molecule has 1 saturated carbocycles. The average molecular weight is 440 g/mol. The lowest BCUT2D eigenvalue weighted by Gasteiger charge is -2.28. The number of piperidine rings is 1. The van der Waals surface area contributed by atoms with Gasteiger partial charge in [-0.25, -0.2) is 4.98 Å². The molecule has 31 heavy (non-hydrogen) atoms. The number of carbonyl (C=O) groups excluding carboxylic acids is 2. The van der Waals surface area contributed by atoms with E-state index in [2.05, 4.69) is 15.3 Å². The maximum atomic E-state index is 13.0. The number of rotatable bonds is 3. The summed E-state index contributed by atoms with van der Waals surface area (Å²) in [4.78, 5) is 31.3. The Kier molecular flexibility index (Phi) is 6.71. The SMILES string of the molecule is CC(=O)N1CCCCC1.NC(=O)[C@H]1C2C=CC(C2)C1Nc1nc(N)ncc1C(F)(F)F. The number of allylic oxidation sites excluding steroid dienone is 1. The first-order valence-corrected chi connectivity index (χ1v) is 10.3. The van der Waals surface area contributed by atoms with Crippen molar-refractivity contribution in [3.63, 3.8) is 0 Å². The van der Waals surface area contributed by atoms with Crippen molar-refractivity contribution >= 4 is 23.6 Å². The minimum atomic E-state index is -4.62. The Morgan fingerprint density at radius 1 is 1.16 bits per heavy atom. The lowest BCUT2D eigenvalue weighted by Crippen LogP contribution is -2.41. The van der Waals surface area contributed by atoms with Crippen molar-refractivity contribution < 1.29 is 22.8 Å². The van der Waals surface area contributed by atoms with E-state index in [1.807, 2.05) is 17.1 Å². The van der Waals surface area contributed by atoms with E-state index in [-0.39, 0.29) is 23.7 Å². The first-order valence-electron chi connectivity index (χ1n) is 10.3. The summed E-state index contributed by atoms with van der Waals surface area (Å²) in [6, 6.07) is -0.525. The van der Waals surface area contributed by atoms with Crippen LogP contribution < -0.4 is 16.8 Å². The van der Waals surface area contributed by atoms with Gasteiger partial charge in [0.2, 0.25) is 17.8 Å². The zero-order valence-electron chi connectivity index (χ0n) is 17.2. The normalized spacial score (nSPS) is 26.9. The lowest BCUT2D eigenvalue weighted by molar-refractivity contribution is -0.137. The van der Waals surface area contributed by atoms with Crippen molar-refractivity contribution in [2.75, 3.05) is 24.1 Å². The van der Waals surface area contributed by atoms with Gasteiger partial charge in [0.25, 0.3) is 0 Å². The molecule has 5 N–H and O–H groups in total. The summed E-state index contributed by atoms with van der Waals surface area (Å²) >= 11 is 0. The molecule has 1 aromatic rings. The number of fused-ring (bicyclic) bond motifs is 2. The minimum absolute atomic E-state index is 0.0477. The minimum Gasteiger partial charge on any atom is -0.369 e. The van der Waals surface area contributed by atoms with Crippen LogP contribution in [0.4, 0.5) is 24.9 Å². The molecule has 1 saturated heterocycles. The van der Waals surface area contributed by atoms with E-state index in [1.165, 1.54) is 19.3 Å². The van der Waals surface area contributed by atoms with Crippen molar-refractivity contribution in [2.24, 2.45) is 23.5 Å². The highest BCUT2D eigenvalue weighted by molar-refractivity contribution is 5.80. The van der Waals surface area contributed by atoms with E-state index < -0.39 is 35.4 Å². The van der Waals surface area contributed by atoms with Crippen LogP contribution in [0.3, 0.4) is 0 Å². The number of nitrogens with one attached hydrogen (secondary N) is 1. The maximum absolute atomic E-state index is 13.0. The number of anilines is 2. The first-order chi connectivity index (χ1) is 14.6. The third-order valence-electron chi connectivity index (χ3n) is 6.01. The van der Waals surface area contributed by atoms with Gasteiger partial charge < -0.3 is 21.7 Å². The molecule has 0 spiro atoms. The fraction of sp³-hybridized carbons (Fsp3) is 0.600. The number of nitrogens with two attached hydrogens (primary N) is 2. The molecular weight excluding hydrogens is 413 g/mol. The van der Waals surface area contributed by atoms with Gasteiger partial charge in [0.15, 0.2) is 0 Å². The Morgan fingerprint density at radius 2 is 1.81 bits per heavy atom. The van der Waals surface area contributed by atoms with E-state index in [4.69, 9.17) is 11.5 Å². The highest BCUT2D eigenvalue weighted by Gasteiger charge is 2.48. The van der Waals surface area contributed by atoms with Crippen molar-refractivity contribution in [1.29, 1.82) is 0 Å². The van der Waals surface area contributed by atoms with Gasteiger partial charge in [-0.15, -0.1) is 0 Å². The van der Waals surface area contributed by atoms with E-state index in [9.17, 15) is 22.8 Å². The van der Waals surface area contributed by atoms with Crippen molar-refractivity contribution in [1.82, 2.24) is 14.9 Å². The third-order valence-corrected chi connectivity index (χ3v) is 6.01. The lowest BCUT2D eigenvalue weighted by atomic mass is 9.88. The molecule has 3 unspecified atom stereocenters. The van der Waals surface area contributed by atoms with E-state index in [0.29, 0.717) is 12.6 Å². The molecule has 3 aliphatic rings. The molecule has 2 heterocycles. The molecular formula is C20H27F3N6O2. The topological polar surface area (TPSA) is 127 Å². The molecule has 170 valence electrons. The van der Waals surface area contributed by atoms with Gasteiger partial charge in [-0.2, -0.15) is 18.2 Å². The molecule has 8 nitrogen and oxygen atoms in total. The number of hydrogen-bond donors (Lipinski definition) is 3. The van der Waals surface area contributed by atoms with E-state index in [0.717, 1.165) is 13.1 Å². The van der Waals surface area contributed by atoms with Gasteiger partial charge in [0.1, 0.15) is 11.4 Å². The van der Waals surface area contributed by atoms with Gasteiger partial charge in [0, 0.05) is 32.3 Å². The summed E-state index contributed by atoms with van der Waals surface area (Å²) in [6.45, 7) is 3.61. The van der Waals surface area contributed by atoms with Crippen LogP contribution in [0.5, 0.6) is 0 Å². The van der Waals surface area contributed by atoms with Gasteiger partial charge >= 0.3 is 6.18 Å². The Balaban J connectivity index is 0.000000254. The Bertz CT molecular complexity index is 854. The molecule has 0 aromatic carbocycles. The van der Waals surface area contributed by atoms with E-state index in [1.54, 1.807) is 6.92 Å². The van der Waals surface area contributed by atoms with Crippen LogP contribution in [0.25, 0.3) is 0 Å². The monoisotopic (exact) mass is 440 g/mol. The number of primary amides is 1. The number of amides is 2. The summed E-state index contributed by atoms with van der Waals surface area (Å²) in [6.07, 6.45) is 4.16. The Labute approximate surface area is 178 Å². The molecule has 2 amide bonds. The van der Waals surface area contributed by atoms with Crippen LogP contribution in [0, 0.1) is 17.8 Å². The standard InChI is InChI=1S/C13H14F3N5O.C7H13NO/c14-13(15,16)7-4-19-12(18)21-11(7)20-9-6-2-1-5(3-6)8(9)10(17)22;1-7(9)8-5-3-2-4-6-8/h1-2,4-6,8-9H,3H2,(H2,17,22)(H3,18,19,20,21);2-6H2,1H3/t5?,6?,8-,9?;/m0./s1. The predicted molar refractivity (Wildman–Crippen MR) is 108 cm³/mol. The molecule has 1 aromatic heterocycles. The second-order valence-electron chi connectivity index (χ2n) is 8.10. The molecule has 11 heteroatoms. The smallest absolute Gasteiger partial charge is 0.369 e. The molecule has 2 bridgehead atoms. The summed E-state index contributed by atoms with van der Waals surface area (Å²) in [5.74, 6) is -1.66. The van der Waals surface area contributed by atoms with Crippen molar-refractivity contribution in [3.8, 4) is 0 Å². The zero-order chi connectivity index (χ0) is 22.8. The van der Waals surface area contributed by atoms with Crippen molar-refractivity contribution in [2.45, 2.75) is 44.8 Å². The van der Waals surface area contributed by atoms with Crippen LogP contribution >= 0.6 is 0 Å². The largest absolute Gasteiger partial charge is 0.421 e. The van der Waals surface area contributed by atoms with E-state index >= 15 is 0 Å². The van der Waals surface area contributed by atoms with Gasteiger partial charge in [-0.05, 0) is 37.5 Å². The average Bonchev–Trinajstić information content (AvgIpc) is 3.30. The molecule has 2 fully saturated rings. The summed E-state index contributed by atoms with van der Waals surface area (Å²) in [5.41, 5.74) is 9.75. The maximum Gasteiger partial charge on any atom is 0.421 e. The third kappa shape index (κ3) is 5.26. The highest BCUT2D eigenvalue weighted by atomic mass is 19.4. The van der Waals surface area contributed by atoms with Crippen LogP contribution in [0.15, 0.2) is 18.3 Å². The second-order valence-corrected chi connectivity index (χ2v) is 8.10. The summed E-state index contributed by atoms with van der Waals surface area (Å²) in [5, 5.41) is 2.72. The zero-order valence-corrected chi connectivity index (χ0v) is 17.2. The molecule has 0 radical (unpaired) electrons. The number of halogens is 3. The number of aromatic nitrogens is 2. The molecule has 1 aliphatic heterocycles. The quantitative estimate of drug-likeness (QED) is 0.619. The fourth-order valence-electron chi connectivity index (χ4n) is 4.49. The van der Waals surface area contributed by atoms with Crippen LogP contribution in [-0.4, -0.2) is 45.8 Å². The van der Waals surface area contributed by atoms with Crippen molar-refractivity contribution in [3.05, 3.63) is 23.9 Å². The molecule has 4 rings (SSSR count). The number of likely N-dealkylation sites (tertiary alicyclic amines) is 1. The van der Waals surface area contributed by atoms with Crippen LogP contribution in [0.1, 0.15) is 38.2 Å². The second kappa shape index (κ2) is 9.11. The van der Waals surface area contributed by atoms with Gasteiger partial charge in [-0.1, -0.05) is 12.2 Å². The molecule has 2 aliphatic carbocycles. The Morgan fingerprint density at radius 3 is 2.35 bits per heavy atom. The number of nitrogens with zero attached hydrogens (tertiary/aromatic N) is 3. The fourth-order valence-corrected chi connectivity index (χ4v) is 4.49. The summed E-state index contributed by atoms with van der Waals surface area (Å²) in [7, 11) is 0. The number of hydrogen-bond acceptors (Lipinski definition) is 6. The first kappa shape index (κ1) is 22.8.